The number of aromatic nitrogens is 1. The number of piperazine rings is 1. The summed E-state index contributed by atoms with van der Waals surface area (Å²) in [6.45, 7) is 8.49. The van der Waals surface area contributed by atoms with Gasteiger partial charge >= 0.3 is 0 Å². The van der Waals surface area contributed by atoms with Crippen molar-refractivity contribution in [3.63, 3.8) is 0 Å². The van der Waals surface area contributed by atoms with E-state index >= 15 is 0 Å². The molecule has 1 fully saturated rings. The van der Waals surface area contributed by atoms with E-state index in [4.69, 9.17) is 0 Å². The first-order valence-corrected chi connectivity index (χ1v) is 12.4. The molecule has 2 heterocycles. The van der Waals surface area contributed by atoms with Gasteiger partial charge in [0.1, 0.15) is 6.26 Å². The monoisotopic (exact) mass is 446 g/mol. The van der Waals surface area contributed by atoms with Crippen LogP contribution in [0, 0.1) is 11.3 Å². The van der Waals surface area contributed by atoms with Crippen LogP contribution in [0.2, 0.25) is 0 Å². The summed E-state index contributed by atoms with van der Waals surface area (Å²) in [5.41, 5.74) is 5.65. The summed E-state index contributed by atoms with van der Waals surface area (Å²) in [6, 6.07) is 13.8. The summed E-state index contributed by atoms with van der Waals surface area (Å²) in [5, 5.41) is 10.1. The smallest absolute Gasteiger partial charge is 0.195 e. The van der Waals surface area contributed by atoms with Gasteiger partial charge in [-0.05, 0) is 23.3 Å². The predicted molar refractivity (Wildman–Crippen MR) is 126 cm³/mol. The highest BCUT2D eigenvalue weighted by atomic mass is 32.2. The van der Waals surface area contributed by atoms with E-state index in [-0.39, 0.29) is 11.2 Å². The lowest BCUT2D eigenvalue weighted by Gasteiger charge is -2.35. The zero-order valence-electron chi connectivity index (χ0n) is 18.6. The maximum Gasteiger partial charge on any atom is 0.195 e. The molecule has 1 saturated heterocycles. The Morgan fingerprint density at radius 1 is 1.16 bits per heavy atom. The first-order valence-electron chi connectivity index (χ1n) is 10.8. The van der Waals surface area contributed by atoms with Crippen LogP contribution in [0.15, 0.2) is 36.4 Å². The third-order valence-electron chi connectivity index (χ3n) is 6.88. The molecule has 0 bridgehead atoms. The first-order chi connectivity index (χ1) is 15.3. The molecule has 7 heteroatoms. The minimum Gasteiger partial charge on any atom is -0.598 e. The number of hydrogen-bond acceptors (Lipinski definition) is 5. The van der Waals surface area contributed by atoms with Crippen LogP contribution in [0.1, 0.15) is 52.2 Å². The number of nitrogens with zero attached hydrogens (tertiary/aromatic N) is 3. The van der Waals surface area contributed by atoms with E-state index in [0.29, 0.717) is 5.56 Å². The zero-order chi connectivity index (χ0) is 22.6. The van der Waals surface area contributed by atoms with Gasteiger partial charge in [-0.3, -0.25) is 9.69 Å². The Morgan fingerprint density at radius 3 is 2.59 bits per heavy atom. The van der Waals surface area contributed by atoms with Gasteiger partial charge in [-0.1, -0.05) is 38.1 Å². The van der Waals surface area contributed by atoms with Crippen LogP contribution in [0.4, 0.5) is 0 Å². The molecule has 1 N–H and O–H groups in total. The van der Waals surface area contributed by atoms with E-state index in [2.05, 4.69) is 41.9 Å². The Bertz CT molecular complexity index is 1260. The van der Waals surface area contributed by atoms with E-state index in [1.54, 1.807) is 12.3 Å². The van der Waals surface area contributed by atoms with Crippen LogP contribution >= 0.6 is 0 Å². The second kappa shape index (κ2) is 7.75. The molecule has 0 radical (unpaired) electrons. The third kappa shape index (κ3) is 3.35. The normalized spacial score (nSPS) is 19.4. The number of carbonyl (C=O) groups excluding carboxylic acids is 1. The van der Waals surface area contributed by atoms with Gasteiger partial charge in [0.25, 0.3) is 0 Å². The average molecular weight is 447 g/mol. The van der Waals surface area contributed by atoms with Crippen molar-refractivity contribution in [1.29, 1.82) is 5.26 Å². The molecular weight excluding hydrogens is 420 g/mol. The second-order valence-electron chi connectivity index (χ2n) is 9.21. The summed E-state index contributed by atoms with van der Waals surface area (Å²) < 4.78 is 13.7. The maximum absolute atomic E-state index is 13.5. The van der Waals surface area contributed by atoms with Crippen molar-refractivity contribution < 1.29 is 9.35 Å². The number of rotatable bonds is 3. The Hall–Kier alpha value is -2.63. The molecule has 3 aromatic rings. The minimum absolute atomic E-state index is 0.0378. The Kier molecular flexibility index (Phi) is 5.14. The molecule has 1 atom stereocenters. The number of nitriles is 1. The van der Waals surface area contributed by atoms with E-state index in [0.717, 1.165) is 66.0 Å². The summed E-state index contributed by atoms with van der Waals surface area (Å²) in [5.74, 6) is 0.0378. The first kappa shape index (κ1) is 21.2. The lowest BCUT2D eigenvalue weighted by atomic mass is 9.71. The number of ketones is 1. The van der Waals surface area contributed by atoms with Gasteiger partial charge in [0, 0.05) is 58.6 Å². The van der Waals surface area contributed by atoms with Gasteiger partial charge in [0.05, 0.1) is 30.3 Å². The van der Waals surface area contributed by atoms with Crippen molar-refractivity contribution in [2.45, 2.75) is 25.8 Å². The molecule has 164 valence electrons. The van der Waals surface area contributed by atoms with Crippen molar-refractivity contribution in [2.24, 2.45) is 0 Å². The zero-order valence-corrected chi connectivity index (χ0v) is 19.4. The van der Waals surface area contributed by atoms with Gasteiger partial charge in [0.15, 0.2) is 5.78 Å². The van der Waals surface area contributed by atoms with Crippen LogP contribution in [0.25, 0.3) is 10.9 Å². The Morgan fingerprint density at radius 2 is 1.91 bits per heavy atom. The van der Waals surface area contributed by atoms with Crippen LogP contribution in [-0.4, -0.2) is 57.0 Å². The van der Waals surface area contributed by atoms with Gasteiger partial charge < -0.3 is 9.54 Å². The molecular formula is C25H26N4O2S. The number of nitrogens with one attached hydrogen (secondary N) is 1. The summed E-state index contributed by atoms with van der Waals surface area (Å²) in [4.78, 5) is 19.3. The highest BCUT2D eigenvalue weighted by molar-refractivity contribution is 7.88. The molecule has 1 aromatic heterocycles. The van der Waals surface area contributed by atoms with E-state index in [1.807, 2.05) is 22.5 Å². The number of benzene rings is 2. The molecule has 5 rings (SSSR count). The van der Waals surface area contributed by atoms with Gasteiger partial charge in [-0.2, -0.15) is 5.26 Å². The van der Waals surface area contributed by atoms with Gasteiger partial charge in [-0.15, -0.1) is 4.31 Å². The summed E-state index contributed by atoms with van der Waals surface area (Å²) in [6.07, 6.45) is 1.73. The summed E-state index contributed by atoms with van der Waals surface area (Å²) >= 11 is -0.912. The van der Waals surface area contributed by atoms with Crippen LogP contribution in [0.5, 0.6) is 0 Å². The maximum atomic E-state index is 13.5. The van der Waals surface area contributed by atoms with E-state index < -0.39 is 11.4 Å². The Balaban J connectivity index is 1.48. The minimum atomic E-state index is -0.912. The van der Waals surface area contributed by atoms with Crippen LogP contribution in [-0.2, 0) is 23.3 Å². The van der Waals surface area contributed by atoms with Gasteiger partial charge in [0.2, 0.25) is 0 Å². The predicted octanol–water partition coefficient (Wildman–Crippen LogP) is 3.32. The molecule has 0 saturated carbocycles. The van der Waals surface area contributed by atoms with Crippen molar-refractivity contribution in [2.75, 3.05) is 32.4 Å². The van der Waals surface area contributed by atoms with Crippen molar-refractivity contribution in [3.05, 3.63) is 69.9 Å². The molecule has 6 nitrogen and oxygen atoms in total. The highest BCUT2D eigenvalue weighted by Gasteiger charge is 2.39. The summed E-state index contributed by atoms with van der Waals surface area (Å²) in [7, 11) is 0. The molecule has 1 aliphatic carbocycles. The number of aromatic amines is 1. The molecule has 0 amide bonds. The molecule has 1 aliphatic heterocycles. The molecule has 1 unspecified atom stereocenters. The number of fused-ring (bicyclic) bond motifs is 4. The Labute approximate surface area is 191 Å². The number of hydrogen-bond donors (Lipinski definition) is 1. The quantitative estimate of drug-likeness (QED) is 0.624. The molecule has 0 spiro atoms. The van der Waals surface area contributed by atoms with E-state index in [1.165, 1.54) is 5.56 Å². The van der Waals surface area contributed by atoms with Crippen LogP contribution in [0.3, 0.4) is 0 Å². The van der Waals surface area contributed by atoms with E-state index in [9.17, 15) is 14.6 Å². The lowest BCUT2D eigenvalue weighted by molar-refractivity contribution is 0.103. The number of carbonyl (C=O) groups is 1. The number of H-pyrrole nitrogens is 1. The SMILES string of the molecule is C[S+]([O-])N1CCN(Cc2ccc3c(c2)C(C)(C)c2[nH]c4cc(C#N)ccc4c2C3=O)CC1. The molecule has 32 heavy (non-hydrogen) atoms. The molecule has 2 aromatic carbocycles. The third-order valence-corrected chi connectivity index (χ3v) is 7.98. The van der Waals surface area contributed by atoms with Gasteiger partial charge in [-0.25, -0.2) is 0 Å². The van der Waals surface area contributed by atoms with Crippen molar-refractivity contribution in [1.82, 2.24) is 14.2 Å². The topological polar surface area (TPSA) is 86.2 Å². The highest BCUT2D eigenvalue weighted by Crippen LogP contribution is 2.44. The van der Waals surface area contributed by atoms with Crippen molar-refractivity contribution in [3.8, 4) is 6.07 Å². The second-order valence-corrected chi connectivity index (χ2v) is 10.6. The van der Waals surface area contributed by atoms with Crippen molar-refractivity contribution >= 4 is 28.0 Å². The fourth-order valence-electron chi connectivity index (χ4n) is 5.05. The average Bonchev–Trinajstić information content (AvgIpc) is 3.18. The largest absolute Gasteiger partial charge is 0.598 e. The molecule has 2 aliphatic rings. The van der Waals surface area contributed by atoms with Crippen LogP contribution < -0.4 is 0 Å². The fourth-order valence-corrected chi connectivity index (χ4v) is 5.73. The fraction of sp³-hybridized carbons (Fsp3) is 0.360. The standard InChI is InChI=1S/C25H26N4O2S/c1-25(2)20-12-17(15-28-8-10-29(11-9-28)32(3)31)5-6-18(20)23(30)22-19-7-4-16(14-26)13-21(19)27-24(22)25/h4-7,12-13,27H,8-11,15H2,1-3H3. The lowest BCUT2D eigenvalue weighted by Crippen LogP contribution is -2.47.